The first kappa shape index (κ1) is 14.3. The van der Waals surface area contributed by atoms with E-state index in [0.717, 1.165) is 18.4 Å². The van der Waals surface area contributed by atoms with Gasteiger partial charge in [-0.3, -0.25) is 0 Å². The molecule has 0 unspecified atom stereocenters. The average Bonchev–Trinajstić information content (AvgIpc) is 2.93. The Morgan fingerprint density at radius 2 is 2.00 bits per heavy atom. The van der Waals surface area contributed by atoms with Crippen LogP contribution in [-0.2, 0) is 16.4 Å². The molecule has 0 saturated carbocycles. The van der Waals surface area contributed by atoms with Gasteiger partial charge in [0.2, 0.25) is 0 Å². The third-order valence-corrected chi connectivity index (χ3v) is 3.92. The molecule has 0 aliphatic carbocycles. The first-order valence-corrected chi connectivity index (χ1v) is 7.77. The molecule has 0 aliphatic rings. The quantitative estimate of drug-likeness (QED) is 0.657. The molecule has 0 spiro atoms. The predicted molar refractivity (Wildman–Crippen MR) is 77.1 cm³/mol. The molecule has 106 valence electrons. The summed E-state index contributed by atoms with van der Waals surface area (Å²) < 4.78 is 29.0. The summed E-state index contributed by atoms with van der Waals surface area (Å²) in [5.74, 6) is 0.478. The third-order valence-electron chi connectivity index (χ3n) is 2.68. The third kappa shape index (κ3) is 3.71. The summed E-state index contributed by atoms with van der Waals surface area (Å²) in [6, 6.07) is 10.2. The molecule has 0 aliphatic heterocycles. The average molecular weight is 292 g/mol. The molecular weight excluding hydrogens is 276 g/mol. The molecule has 2 rings (SSSR count). The lowest BCUT2D eigenvalue weighted by Gasteiger charge is -2.04. The molecular formula is C14H16N2O3S. The first-order valence-electron chi connectivity index (χ1n) is 6.29. The van der Waals surface area contributed by atoms with Crippen LogP contribution in [0.2, 0.25) is 0 Å². The first-order chi connectivity index (χ1) is 9.62. The summed E-state index contributed by atoms with van der Waals surface area (Å²) in [7, 11) is -3.63. The highest BCUT2D eigenvalue weighted by molar-refractivity contribution is 7.89. The van der Waals surface area contributed by atoms with Crippen LogP contribution in [0.1, 0.15) is 24.7 Å². The van der Waals surface area contributed by atoms with Gasteiger partial charge < -0.3 is 4.42 Å². The Labute approximate surface area is 118 Å². The Kier molecular flexibility index (Phi) is 4.57. The van der Waals surface area contributed by atoms with Crippen LogP contribution >= 0.6 is 0 Å². The van der Waals surface area contributed by atoms with Gasteiger partial charge >= 0.3 is 0 Å². The number of sulfonamides is 1. The lowest BCUT2D eigenvalue weighted by Crippen LogP contribution is -2.18. The molecule has 2 aromatic rings. The minimum Gasteiger partial charge on any atom is -0.463 e. The second kappa shape index (κ2) is 6.38. The van der Waals surface area contributed by atoms with Gasteiger partial charge in [-0.1, -0.05) is 25.5 Å². The molecule has 5 nitrogen and oxygen atoms in total. The highest BCUT2D eigenvalue weighted by Crippen LogP contribution is 2.11. The van der Waals surface area contributed by atoms with Gasteiger partial charge in [0.15, 0.2) is 0 Å². The number of rotatable bonds is 6. The number of hydrogen-bond donors (Lipinski definition) is 1. The van der Waals surface area contributed by atoms with Gasteiger partial charge in [0.1, 0.15) is 5.76 Å². The van der Waals surface area contributed by atoms with E-state index in [1.165, 1.54) is 12.5 Å². The van der Waals surface area contributed by atoms with Gasteiger partial charge in [-0.15, -0.1) is 0 Å². The van der Waals surface area contributed by atoms with E-state index in [4.69, 9.17) is 4.42 Å². The maximum absolute atomic E-state index is 12.0. The van der Waals surface area contributed by atoms with Crippen molar-refractivity contribution in [1.29, 1.82) is 0 Å². The second-order valence-corrected chi connectivity index (χ2v) is 5.92. The van der Waals surface area contributed by atoms with E-state index in [1.807, 2.05) is 12.1 Å². The highest BCUT2D eigenvalue weighted by atomic mass is 32.2. The fraction of sp³-hybridized carbons (Fsp3) is 0.214. The molecule has 1 N–H and O–H groups in total. The standard InChI is InChI=1S/C14H16N2O3S/c1-2-4-12-6-8-14(9-7-12)20(17,18)16-15-11-13-5-3-10-19-13/h3,5-11,16H,2,4H2,1H3. The number of nitrogens with zero attached hydrogens (tertiary/aromatic N) is 1. The maximum atomic E-state index is 12.0. The van der Waals surface area contributed by atoms with Crippen molar-refractivity contribution < 1.29 is 12.8 Å². The van der Waals surface area contributed by atoms with Crippen LogP contribution in [0.15, 0.2) is 57.1 Å². The van der Waals surface area contributed by atoms with E-state index >= 15 is 0 Å². The normalized spacial score (nSPS) is 11.8. The van der Waals surface area contributed by atoms with Crippen molar-refractivity contribution in [1.82, 2.24) is 4.83 Å². The number of aryl methyl sites for hydroxylation is 1. The van der Waals surface area contributed by atoms with Crippen LogP contribution < -0.4 is 4.83 Å². The summed E-state index contributed by atoms with van der Waals surface area (Å²) in [5.41, 5.74) is 1.12. The largest absolute Gasteiger partial charge is 0.463 e. The van der Waals surface area contributed by atoms with Crippen LogP contribution in [0.4, 0.5) is 0 Å². The molecule has 0 atom stereocenters. The fourth-order valence-corrected chi connectivity index (χ4v) is 2.49. The number of benzene rings is 1. The topological polar surface area (TPSA) is 71.7 Å². The Morgan fingerprint density at radius 3 is 2.60 bits per heavy atom. The zero-order valence-electron chi connectivity index (χ0n) is 11.1. The Bertz CT molecular complexity index is 659. The summed E-state index contributed by atoms with van der Waals surface area (Å²) in [5, 5.41) is 3.66. The van der Waals surface area contributed by atoms with Gasteiger partial charge in [0.05, 0.1) is 17.4 Å². The molecule has 20 heavy (non-hydrogen) atoms. The Balaban J connectivity index is 2.06. The van der Waals surface area contributed by atoms with E-state index in [0.29, 0.717) is 5.76 Å². The van der Waals surface area contributed by atoms with E-state index in [-0.39, 0.29) is 4.90 Å². The van der Waals surface area contributed by atoms with Crippen LogP contribution in [0.25, 0.3) is 0 Å². The van der Waals surface area contributed by atoms with E-state index in [9.17, 15) is 8.42 Å². The Morgan fingerprint density at radius 1 is 1.25 bits per heavy atom. The van der Waals surface area contributed by atoms with E-state index in [2.05, 4.69) is 16.9 Å². The van der Waals surface area contributed by atoms with Crippen molar-refractivity contribution in [3.63, 3.8) is 0 Å². The summed E-state index contributed by atoms with van der Waals surface area (Å²) in [6.45, 7) is 2.08. The zero-order valence-corrected chi connectivity index (χ0v) is 11.9. The molecule has 1 aromatic heterocycles. The van der Waals surface area contributed by atoms with Crippen LogP contribution in [0, 0.1) is 0 Å². The zero-order chi connectivity index (χ0) is 14.4. The monoisotopic (exact) mass is 292 g/mol. The number of hydrazone groups is 1. The van der Waals surface area contributed by atoms with Crippen molar-refractivity contribution in [3.8, 4) is 0 Å². The molecule has 0 fully saturated rings. The Hall–Kier alpha value is -2.08. The van der Waals surface area contributed by atoms with Gasteiger partial charge in [-0.05, 0) is 36.2 Å². The summed E-state index contributed by atoms with van der Waals surface area (Å²) in [6.07, 6.45) is 4.76. The van der Waals surface area contributed by atoms with E-state index in [1.54, 1.807) is 24.3 Å². The minimum absolute atomic E-state index is 0.189. The molecule has 1 heterocycles. The SMILES string of the molecule is CCCc1ccc(S(=O)(=O)NN=Cc2ccco2)cc1. The van der Waals surface area contributed by atoms with Gasteiger partial charge in [0, 0.05) is 0 Å². The van der Waals surface area contributed by atoms with Crippen molar-refractivity contribution in [2.45, 2.75) is 24.7 Å². The predicted octanol–water partition coefficient (Wildman–Crippen LogP) is 2.54. The summed E-state index contributed by atoms with van der Waals surface area (Å²) in [4.78, 5) is 2.34. The lowest BCUT2D eigenvalue weighted by molar-refractivity contribution is 0.559. The van der Waals surface area contributed by atoms with Crippen LogP contribution in [0.5, 0.6) is 0 Å². The van der Waals surface area contributed by atoms with Crippen molar-refractivity contribution >= 4 is 16.2 Å². The maximum Gasteiger partial charge on any atom is 0.276 e. The van der Waals surface area contributed by atoms with Crippen LogP contribution in [-0.4, -0.2) is 14.6 Å². The number of hydrogen-bond acceptors (Lipinski definition) is 4. The van der Waals surface area contributed by atoms with Crippen molar-refractivity contribution in [2.75, 3.05) is 0 Å². The van der Waals surface area contributed by atoms with Crippen molar-refractivity contribution in [3.05, 3.63) is 54.0 Å². The molecule has 6 heteroatoms. The second-order valence-electron chi connectivity index (χ2n) is 4.26. The fourth-order valence-electron chi connectivity index (χ4n) is 1.70. The molecule has 1 aromatic carbocycles. The lowest BCUT2D eigenvalue weighted by atomic mass is 10.1. The van der Waals surface area contributed by atoms with E-state index < -0.39 is 10.0 Å². The molecule has 0 bridgehead atoms. The molecule has 0 saturated heterocycles. The summed E-state index contributed by atoms with van der Waals surface area (Å²) >= 11 is 0. The van der Waals surface area contributed by atoms with Gasteiger partial charge in [0.25, 0.3) is 10.0 Å². The number of nitrogens with one attached hydrogen (secondary N) is 1. The van der Waals surface area contributed by atoms with Gasteiger partial charge in [-0.25, -0.2) is 0 Å². The van der Waals surface area contributed by atoms with Crippen LogP contribution in [0.3, 0.4) is 0 Å². The van der Waals surface area contributed by atoms with Crippen molar-refractivity contribution in [2.24, 2.45) is 5.10 Å². The number of furan rings is 1. The minimum atomic E-state index is -3.63. The highest BCUT2D eigenvalue weighted by Gasteiger charge is 2.12. The smallest absolute Gasteiger partial charge is 0.276 e. The molecule has 0 amide bonds. The van der Waals surface area contributed by atoms with Gasteiger partial charge in [-0.2, -0.15) is 18.4 Å². The molecule has 0 radical (unpaired) electrons.